The predicted molar refractivity (Wildman–Crippen MR) is 82.3 cm³/mol. The fourth-order valence-electron chi connectivity index (χ4n) is 2.29. The Hall–Kier alpha value is -1.91. The molecule has 0 saturated heterocycles. The zero-order chi connectivity index (χ0) is 15.2. The molecule has 1 heterocycles. The van der Waals surface area contributed by atoms with Gasteiger partial charge in [0.05, 0.1) is 13.2 Å². The van der Waals surface area contributed by atoms with Crippen molar-refractivity contribution >= 4 is 0 Å². The Morgan fingerprint density at radius 2 is 1.86 bits per heavy atom. The first-order chi connectivity index (χ1) is 10.2. The first-order valence-electron chi connectivity index (χ1n) is 7.08. The molecule has 2 aromatic rings. The first-order valence-corrected chi connectivity index (χ1v) is 7.08. The molecular weight excluding hydrogens is 266 g/mol. The number of pyridine rings is 1. The average molecular weight is 287 g/mol. The standard InChI is InChI=1S/C17H21NO3/c1-12-14(11-20)5-3-6-15(12)16-7-8-17(18-13(16)2)21-10-4-9-19/h3,5-8,19-20H,4,9-11H2,1-2H3. The van der Waals surface area contributed by atoms with Crippen LogP contribution in [0.1, 0.15) is 23.2 Å². The van der Waals surface area contributed by atoms with Crippen LogP contribution in [-0.2, 0) is 6.61 Å². The van der Waals surface area contributed by atoms with E-state index < -0.39 is 0 Å². The minimum Gasteiger partial charge on any atom is -0.478 e. The number of rotatable bonds is 6. The molecular formula is C17H21NO3. The van der Waals surface area contributed by atoms with Gasteiger partial charge in [-0.2, -0.15) is 0 Å². The van der Waals surface area contributed by atoms with Gasteiger partial charge in [-0.15, -0.1) is 0 Å². The molecule has 112 valence electrons. The number of hydrogen-bond donors (Lipinski definition) is 2. The maximum atomic E-state index is 9.37. The second-order valence-corrected chi connectivity index (χ2v) is 4.96. The lowest BCUT2D eigenvalue weighted by Crippen LogP contribution is -2.02. The number of aliphatic hydroxyl groups excluding tert-OH is 2. The number of ether oxygens (including phenoxy) is 1. The number of aliphatic hydroxyl groups is 2. The summed E-state index contributed by atoms with van der Waals surface area (Å²) < 4.78 is 5.48. The van der Waals surface area contributed by atoms with Gasteiger partial charge < -0.3 is 14.9 Å². The van der Waals surface area contributed by atoms with E-state index in [1.807, 2.05) is 44.2 Å². The van der Waals surface area contributed by atoms with Crippen molar-refractivity contribution in [2.45, 2.75) is 26.9 Å². The molecule has 0 unspecified atom stereocenters. The van der Waals surface area contributed by atoms with Crippen LogP contribution in [0.15, 0.2) is 30.3 Å². The Bertz CT molecular complexity index is 611. The van der Waals surface area contributed by atoms with Crippen molar-refractivity contribution in [1.82, 2.24) is 4.98 Å². The molecule has 0 spiro atoms. The predicted octanol–water partition coefficient (Wildman–Crippen LogP) is 2.62. The third kappa shape index (κ3) is 3.60. The van der Waals surface area contributed by atoms with Gasteiger partial charge in [0.25, 0.3) is 0 Å². The molecule has 0 saturated carbocycles. The van der Waals surface area contributed by atoms with Gasteiger partial charge in [-0.3, -0.25) is 0 Å². The van der Waals surface area contributed by atoms with Gasteiger partial charge in [0, 0.05) is 30.4 Å². The van der Waals surface area contributed by atoms with E-state index in [0.717, 1.165) is 27.9 Å². The number of nitrogens with zero attached hydrogens (tertiary/aromatic N) is 1. The zero-order valence-corrected chi connectivity index (χ0v) is 12.5. The summed E-state index contributed by atoms with van der Waals surface area (Å²) in [6, 6.07) is 9.72. The Morgan fingerprint density at radius 3 is 2.52 bits per heavy atom. The second-order valence-electron chi connectivity index (χ2n) is 4.96. The smallest absolute Gasteiger partial charge is 0.213 e. The average Bonchev–Trinajstić information content (AvgIpc) is 2.48. The molecule has 21 heavy (non-hydrogen) atoms. The molecule has 0 aliphatic rings. The molecule has 0 fully saturated rings. The highest BCUT2D eigenvalue weighted by Gasteiger charge is 2.10. The van der Waals surface area contributed by atoms with Crippen LogP contribution in [0.2, 0.25) is 0 Å². The molecule has 2 N–H and O–H groups in total. The molecule has 1 aromatic heterocycles. The van der Waals surface area contributed by atoms with Crippen molar-refractivity contribution in [3.63, 3.8) is 0 Å². The summed E-state index contributed by atoms with van der Waals surface area (Å²) >= 11 is 0. The molecule has 0 amide bonds. The minimum absolute atomic E-state index is 0.0362. The Kier molecular flexibility index (Phi) is 5.31. The van der Waals surface area contributed by atoms with Crippen LogP contribution in [0.5, 0.6) is 5.88 Å². The van der Waals surface area contributed by atoms with Gasteiger partial charge in [-0.1, -0.05) is 18.2 Å². The number of aromatic nitrogens is 1. The maximum Gasteiger partial charge on any atom is 0.213 e. The molecule has 4 nitrogen and oxygen atoms in total. The van der Waals surface area contributed by atoms with Crippen LogP contribution >= 0.6 is 0 Å². The fourth-order valence-corrected chi connectivity index (χ4v) is 2.29. The first kappa shape index (κ1) is 15.5. The van der Waals surface area contributed by atoms with Gasteiger partial charge in [0.2, 0.25) is 5.88 Å². The normalized spacial score (nSPS) is 10.7. The van der Waals surface area contributed by atoms with Crippen LogP contribution in [0.3, 0.4) is 0 Å². The molecule has 1 aromatic carbocycles. The zero-order valence-electron chi connectivity index (χ0n) is 12.5. The monoisotopic (exact) mass is 287 g/mol. The van der Waals surface area contributed by atoms with E-state index in [1.165, 1.54) is 0 Å². The van der Waals surface area contributed by atoms with E-state index in [4.69, 9.17) is 9.84 Å². The van der Waals surface area contributed by atoms with E-state index >= 15 is 0 Å². The molecule has 0 aliphatic carbocycles. The van der Waals surface area contributed by atoms with E-state index in [0.29, 0.717) is 18.9 Å². The third-order valence-electron chi connectivity index (χ3n) is 3.52. The van der Waals surface area contributed by atoms with Crippen LogP contribution in [0.4, 0.5) is 0 Å². The van der Waals surface area contributed by atoms with Crippen molar-refractivity contribution in [3.8, 4) is 17.0 Å². The maximum absolute atomic E-state index is 9.37. The van der Waals surface area contributed by atoms with E-state index in [2.05, 4.69) is 4.98 Å². The highest BCUT2D eigenvalue weighted by Crippen LogP contribution is 2.29. The van der Waals surface area contributed by atoms with Gasteiger partial charge in [-0.25, -0.2) is 4.98 Å². The fraction of sp³-hybridized carbons (Fsp3) is 0.353. The number of aryl methyl sites for hydroxylation is 1. The van der Waals surface area contributed by atoms with Gasteiger partial charge in [0.15, 0.2) is 0 Å². The van der Waals surface area contributed by atoms with Crippen molar-refractivity contribution in [2.24, 2.45) is 0 Å². The molecule has 0 atom stereocenters. The summed E-state index contributed by atoms with van der Waals surface area (Å²) in [5, 5.41) is 18.1. The summed E-state index contributed by atoms with van der Waals surface area (Å²) in [6.07, 6.45) is 0.597. The lowest BCUT2D eigenvalue weighted by atomic mass is 9.96. The molecule has 4 heteroatoms. The largest absolute Gasteiger partial charge is 0.478 e. The van der Waals surface area contributed by atoms with Gasteiger partial charge in [-0.05, 0) is 36.6 Å². The molecule has 0 aliphatic heterocycles. The van der Waals surface area contributed by atoms with Crippen molar-refractivity contribution in [3.05, 3.63) is 47.2 Å². The Morgan fingerprint density at radius 1 is 1.05 bits per heavy atom. The lowest BCUT2D eigenvalue weighted by molar-refractivity contribution is 0.229. The topological polar surface area (TPSA) is 62.6 Å². The van der Waals surface area contributed by atoms with E-state index in [9.17, 15) is 5.11 Å². The summed E-state index contributed by atoms with van der Waals surface area (Å²) in [5.41, 5.74) is 4.99. The van der Waals surface area contributed by atoms with Gasteiger partial charge >= 0.3 is 0 Å². The molecule has 2 rings (SSSR count). The number of hydrogen-bond acceptors (Lipinski definition) is 4. The molecule has 0 bridgehead atoms. The van der Waals surface area contributed by atoms with Crippen LogP contribution in [0.25, 0.3) is 11.1 Å². The van der Waals surface area contributed by atoms with Crippen molar-refractivity contribution in [2.75, 3.05) is 13.2 Å². The van der Waals surface area contributed by atoms with Crippen molar-refractivity contribution in [1.29, 1.82) is 0 Å². The molecule has 0 radical (unpaired) electrons. The van der Waals surface area contributed by atoms with E-state index in [1.54, 1.807) is 0 Å². The van der Waals surface area contributed by atoms with Gasteiger partial charge in [0.1, 0.15) is 0 Å². The summed E-state index contributed by atoms with van der Waals surface area (Å²) in [7, 11) is 0. The summed E-state index contributed by atoms with van der Waals surface area (Å²) in [5.74, 6) is 0.570. The second kappa shape index (κ2) is 7.20. The summed E-state index contributed by atoms with van der Waals surface area (Å²) in [4.78, 5) is 4.45. The Labute approximate surface area is 125 Å². The SMILES string of the molecule is Cc1nc(OCCCO)ccc1-c1cccc(CO)c1C. The van der Waals surface area contributed by atoms with Crippen LogP contribution in [-0.4, -0.2) is 28.4 Å². The quantitative estimate of drug-likeness (QED) is 0.802. The highest BCUT2D eigenvalue weighted by atomic mass is 16.5. The van der Waals surface area contributed by atoms with Crippen LogP contribution in [0, 0.1) is 13.8 Å². The summed E-state index contributed by atoms with van der Waals surface area (Å²) in [6.45, 7) is 4.56. The van der Waals surface area contributed by atoms with Crippen molar-refractivity contribution < 1.29 is 14.9 Å². The van der Waals surface area contributed by atoms with E-state index in [-0.39, 0.29) is 13.2 Å². The highest BCUT2D eigenvalue weighted by molar-refractivity contribution is 5.70. The lowest BCUT2D eigenvalue weighted by Gasteiger charge is -2.13. The minimum atomic E-state index is 0.0362. The Balaban J connectivity index is 2.29. The number of benzene rings is 1. The third-order valence-corrected chi connectivity index (χ3v) is 3.52. The van der Waals surface area contributed by atoms with Crippen LogP contribution < -0.4 is 4.74 Å².